The normalized spacial score (nSPS) is 28.2. The van der Waals surface area contributed by atoms with Crippen molar-refractivity contribution in [2.75, 3.05) is 13.7 Å². The summed E-state index contributed by atoms with van der Waals surface area (Å²) < 4.78 is 36.7. The molecule has 2 heterocycles. The van der Waals surface area contributed by atoms with Gasteiger partial charge in [0, 0.05) is 7.11 Å². The van der Waals surface area contributed by atoms with Crippen LogP contribution in [0.3, 0.4) is 0 Å². The van der Waals surface area contributed by atoms with Crippen LogP contribution in [0.2, 0.25) is 0 Å². The fraction of sp³-hybridized carbons (Fsp3) is 0.483. The summed E-state index contributed by atoms with van der Waals surface area (Å²) in [7, 11) is 1.61. The van der Waals surface area contributed by atoms with Gasteiger partial charge in [-0.1, -0.05) is 67.2 Å². The van der Waals surface area contributed by atoms with Crippen molar-refractivity contribution in [3.63, 3.8) is 0 Å². The SMILES string of the molecule is C=C1CC[C@H]2O[C@H](OC)[C@H](OCc3ccccc3)[C@@H](OCc3ccccc3)[C@@H]2O[C@@H]1CC(=O)OCC. The molecule has 2 saturated heterocycles. The van der Waals surface area contributed by atoms with Crippen molar-refractivity contribution >= 4 is 5.97 Å². The molecular formula is C29H36O7. The lowest BCUT2D eigenvalue weighted by Crippen LogP contribution is -2.60. The third-order valence-corrected chi connectivity index (χ3v) is 6.58. The summed E-state index contributed by atoms with van der Waals surface area (Å²) >= 11 is 0. The predicted octanol–water partition coefficient (Wildman–Crippen LogP) is 4.59. The van der Waals surface area contributed by atoms with Gasteiger partial charge in [0.2, 0.25) is 0 Å². The average molecular weight is 497 g/mol. The molecule has 0 spiro atoms. The van der Waals surface area contributed by atoms with Crippen molar-refractivity contribution in [2.45, 2.75) is 76.2 Å². The molecule has 36 heavy (non-hydrogen) atoms. The maximum absolute atomic E-state index is 12.3. The summed E-state index contributed by atoms with van der Waals surface area (Å²) in [6, 6.07) is 19.9. The second kappa shape index (κ2) is 13.1. The van der Waals surface area contributed by atoms with E-state index >= 15 is 0 Å². The maximum atomic E-state index is 12.3. The smallest absolute Gasteiger partial charge is 0.308 e. The quantitative estimate of drug-likeness (QED) is 0.352. The molecule has 2 aliphatic rings. The van der Waals surface area contributed by atoms with Crippen LogP contribution in [0, 0.1) is 0 Å². The number of carbonyl (C=O) groups is 1. The summed E-state index contributed by atoms with van der Waals surface area (Å²) in [5.74, 6) is -0.313. The van der Waals surface area contributed by atoms with Gasteiger partial charge in [-0.3, -0.25) is 4.79 Å². The van der Waals surface area contributed by atoms with Gasteiger partial charge in [0.25, 0.3) is 0 Å². The zero-order chi connectivity index (χ0) is 25.3. The van der Waals surface area contributed by atoms with Gasteiger partial charge in [-0.25, -0.2) is 0 Å². The number of carbonyl (C=O) groups excluding carboxylic acids is 1. The highest BCUT2D eigenvalue weighted by Gasteiger charge is 2.50. The largest absolute Gasteiger partial charge is 0.466 e. The van der Waals surface area contributed by atoms with Crippen LogP contribution in [0.5, 0.6) is 0 Å². The van der Waals surface area contributed by atoms with E-state index in [1.54, 1.807) is 14.0 Å². The number of hydrogen-bond acceptors (Lipinski definition) is 7. The minimum Gasteiger partial charge on any atom is -0.466 e. The molecule has 194 valence electrons. The van der Waals surface area contributed by atoms with Crippen LogP contribution in [0.25, 0.3) is 0 Å². The Morgan fingerprint density at radius 2 is 1.56 bits per heavy atom. The van der Waals surface area contributed by atoms with E-state index in [1.807, 2.05) is 60.7 Å². The molecule has 7 nitrogen and oxygen atoms in total. The second-order valence-electron chi connectivity index (χ2n) is 9.10. The van der Waals surface area contributed by atoms with Crippen molar-refractivity contribution < 1.29 is 33.2 Å². The highest BCUT2D eigenvalue weighted by molar-refractivity contribution is 5.70. The number of benzene rings is 2. The zero-order valence-corrected chi connectivity index (χ0v) is 21.0. The molecule has 2 aromatic carbocycles. The summed E-state index contributed by atoms with van der Waals surface area (Å²) in [4.78, 5) is 12.3. The van der Waals surface area contributed by atoms with Crippen LogP contribution in [-0.4, -0.2) is 56.5 Å². The number of ether oxygens (including phenoxy) is 6. The molecule has 0 unspecified atom stereocenters. The van der Waals surface area contributed by atoms with Gasteiger partial charge in [0.1, 0.15) is 18.3 Å². The van der Waals surface area contributed by atoms with Crippen molar-refractivity contribution in [1.82, 2.24) is 0 Å². The summed E-state index contributed by atoms with van der Waals surface area (Å²) in [5.41, 5.74) is 2.92. The Labute approximate surface area is 213 Å². The molecule has 2 fully saturated rings. The van der Waals surface area contributed by atoms with Crippen LogP contribution < -0.4 is 0 Å². The lowest BCUT2D eigenvalue weighted by atomic mass is 9.95. The molecule has 0 aliphatic carbocycles. The summed E-state index contributed by atoms with van der Waals surface area (Å²) in [6.45, 7) is 7.05. The van der Waals surface area contributed by atoms with Crippen molar-refractivity contribution in [2.24, 2.45) is 0 Å². The van der Waals surface area contributed by atoms with Crippen molar-refractivity contribution in [3.8, 4) is 0 Å². The first kappa shape index (κ1) is 26.5. The van der Waals surface area contributed by atoms with Gasteiger partial charge < -0.3 is 28.4 Å². The van der Waals surface area contributed by atoms with Crippen LogP contribution in [0.15, 0.2) is 72.8 Å². The molecule has 4 rings (SSSR count). The van der Waals surface area contributed by atoms with Crippen molar-refractivity contribution in [1.29, 1.82) is 0 Å². The number of hydrogen-bond donors (Lipinski definition) is 0. The topological polar surface area (TPSA) is 72.5 Å². The van der Waals surface area contributed by atoms with E-state index < -0.39 is 30.7 Å². The van der Waals surface area contributed by atoms with Crippen molar-refractivity contribution in [3.05, 3.63) is 83.9 Å². The monoisotopic (exact) mass is 496 g/mol. The van der Waals surface area contributed by atoms with E-state index in [2.05, 4.69) is 6.58 Å². The molecule has 6 atom stereocenters. The minimum atomic E-state index is -0.630. The first-order valence-electron chi connectivity index (χ1n) is 12.6. The zero-order valence-electron chi connectivity index (χ0n) is 21.0. The Kier molecular flexibility index (Phi) is 9.67. The van der Waals surface area contributed by atoms with E-state index in [4.69, 9.17) is 28.4 Å². The van der Waals surface area contributed by atoms with E-state index in [-0.39, 0.29) is 18.5 Å². The lowest BCUT2D eigenvalue weighted by Gasteiger charge is -2.45. The standard InChI is InChI=1S/C29H36O7/c1-4-32-25(30)17-24-20(2)15-16-23-26(35-24)27(33-18-21-11-7-5-8-12-21)28(29(31-3)36-23)34-19-22-13-9-6-10-14-22/h5-14,23-24,26-29H,2,4,15-19H2,1,3H3/t23-,24-,26-,27+,28-,29+/m1/s1. The average Bonchev–Trinajstić information content (AvgIpc) is 3.05. The van der Waals surface area contributed by atoms with Gasteiger partial charge in [0.05, 0.1) is 38.4 Å². The fourth-order valence-corrected chi connectivity index (χ4v) is 4.70. The first-order chi connectivity index (χ1) is 17.6. The Balaban J connectivity index is 1.58. The van der Waals surface area contributed by atoms with Gasteiger partial charge in [-0.15, -0.1) is 0 Å². The van der Waals surface area contributed by atoms with E-state index in [0.29, 0.717) is 32.7 Å². The Morgan fingerprint density at radius 3 is 2.14 bits per heavy atom. The predicted molar refractivity (Wildman–Crippen MR) is 134 cm³/mol. The third-order valence-electron chi connectivity index (χ3n) is 6.58. The van der Waals surface area contributed by atoms with Crippen LogP contribution >= 0.6 is 0 Å². The van der Waals surface area contributed by atoms with Gasteiger partial charge in [-0.05, 0) is 36.5 Å². The van der Waals surface area contributed by atoms with Crippen LogP contribution in [0.4, 0.5) is 0 Å². The van der Waals surface area contributed by atoms with Gasteiger partial charge in [-0.2, -0.15) is 0 Å². The van der Waals surface area contributed by atoms with Crippen LogP contribution in [-0.2, 0) is 46.4 Å². The molecule has 0 aromatic heterocycles. The fourth-order valence-electron chi connectivity index (χ4n) is 4.70. The van der Waals surface area contributed by atoms with Crippen LogP contribution in [0.1, 0.15) is 37.3 Å². The second-order valence-corrected chi connectivity index (χ2v) is 9.10. The number of esters is 1. The maximum Gasteiger partial charge on any atom is 0.308 e. The molecule has 0 bridgehead atoms. The van der Waals surface area contributed by atoms with E-state index in [1.165, 1.54) is 0 Å². The van der Waals surface area contributed by atoms with Gasteiger partial charge >= 0.3 is 5.97 Å². The van der Waals surface area contributed by atoms with Gasteiger partial charge in [0.15, 0.2) is 6.29 Å². The summed E-state index contributed by atoms with van der Waals surface area (Å²) in [5, 5.41) is 0. The minimum absolute atomic E-state index is 0.102. The molecule has 0 radical (unpaired) electrons. The Bertz CT molecular complexity index is 964. The molecule has 0 saturated carbocycles. The number of rotatable bonds is 10. The molecule has 2 aliphatic heterocycles. The van der Waals surface area contributed by atoms with E-state index in [0.717, 1.165) is 16.7 Å². The molecule has 2 aromatic rings. The third kappa shape index (κ3) is 6.81. The number of fused-ring (bicyclic) bond motifs is 1. The highest BCUT2D eigenvalue weighted by Crippen LogP contribution is 2.37. The molecular weight excluding hydrogens is 460 g/mol. The summed E-state index contributed by atoms with van der Waals surface area (Å²) in [6.07, 6.45) is -1.47. The molecule has 0 amide bonds. The molecule has 7 heteroatoms. The Hall–Kier alpha value is -2.55. The van der Waals surface area contributed by atoms with E-state index in [9.17, 15) is 4.79 Å². The number of methoxy groups -OCH3 is 1. The first-order valence-corrected chi connectivity index (χ1v) is 12.6. The molecule has 0 N–H and O–H groups in total. The lowest BCUT2D eigenvalue weighted by molar-refractivity contribution is -0.318. The Morgan fingerprint density at radius 1 is 0.944 bits per heavy atom. The highest BCUT2D eigenvalue weighted by atomic mass is 16.7.